The number of nitrogens with zero attached hydrogens (tertiary/aromatic N) is 2. The standard InChI is InChI=1S/C18H36N4O2/c1-15-5-9-22(10-6-15)14-17(23)12-20-18(24)19-7-11-21-8-3-4-16(2)13-21/h15-17,23H,3-14H2,1-2H3,(H2,19,20,24). The molecule has 2 saturated heterocycles. The van der Waals surface area contributed by atoms with Crippen molar-refractivity contribution in [1.29, 1.82) is 0 Å². The Balaban J connectivity index is 1.51. The van der Waals surface area contributed by atoms with Crippen molar-refractivity contribution in [3.63, 3.8) is 0 Å². The number of β-amino-alcohol motifs (C(OH)–C–C–N with tert-alkyl or cyclic N) is 1. The van der Waals surface area contributed by atoms with Gasteiger partial charge in [0.15, 0.2) is 0 Å². The van der Waals surface area contributed by atoms with E-state index in [9.17, 15) is 9.90 Å². The molecule has 2 atom stereocenters. The van der Waals surface area contributed by atoms with Gasteiger partial charge in [-0.3, -0.25) is 0 Å². The number of piperidine rings is 2. The minimum Gasteiger partial charge on any atom is -0.390 e. The highest BCUT2D eigenvalue weighted by atomic mass is 16.3. The number of hydrogen-bond acceptors (Lipinski definition) is 4. The summed E-state index contributed by atoms with van der Waals surface area (Å²) in [7, 11) is 0. The van der Waals surface area contributed by atoms with E-state index in [1.165, 1.54) is 25.7 Å². The quantitative estimate of drug-likeness (QED) is 0.649. The van der Waals surface area contributed by atoms with Crippen molar-refractivity contribution < 1.29 is 9.90 Å². The van der Waals surface area contributed by atoms with Crippen molar-refractivity contribution in [3.8, 4) is 0 Å². The Hall–Kier alpha value is -0.850. The molecule has 2 heterocycles. The van der Waals surface area contributed by atoms with Gasteiger partial charge in [-0.25, -0.2) is 4.79 Å². The molecule has 24 heavy (non-hydrogen) atoms. The molecule has 0 radical (unpaired) electrons. The molecule has 2 aliphatic heterocycles. The molecular weight excluding hydrogens is 304 g/mol. The van der Waals surface area contributed by atoms with Gasteiger partial charge in [-0.2, -0.15) is 0 Å². The van der Waals surface area contributed by atoms with E-state index in [0.717, 1.165) is 44.6 Å². The lowest BCUT2D eigenvalue weighted by Gasteiger charge is -2.31. The van der Waals surface area contributed by atoms with Crippen LogP contribution in [0.15, 0.2) is 0 Å². The number of carbonyl (C=O) groups is 1. The summed E-state index contributed by atoms with van der Waals surface area (Å²) in [6, 6.07) is -0.175. The Bertz CT molecular complexity index is 372. The van der Waals surface area contributed by atoms with Gasteiger partial charge in [-0.1, -0.05) is 13.8 Å². The number of rotatable bonds is 7. The molecule has 0 spiro atoms. The van der Waals surface area contributed by atoms with E-state index in [1.807, 2.05) is 0 Å². The minimum atomic E-state index is -0.493. The molecule has 6 nitrogen and oxygen atoms in total. The van der Waals surface area contributed by atoms with Crippen molar-refractivity contribution in [1.82, 2.24) is 20.4 Å². The molecule has 0 aromatic rings. The molecule has 2 amide bonds. The summed E-state index contributed by atoms with van der Waals surface area (Å²) < 4.78 is 0. The monoisotopic (exact) mass is 340 g/mol. The predicted octanol–water partition coefficient (Wildman–Crippen LogP) is 1.11. The third kappa shape index (κ3) is 7.36. The van der Waals surface area contributed by atoms with Crippen LogP contribution in [-0.4, -0.2) is 79.4 Å². The number of aliphatic hydroxyl groups excluding tert-OH is 1. The number of urea groups is 1. The van der Waals surface area contributed by atoms with E-state index in [4.69, 9.17) is 0 Å². The molecule has 0 aromatic carbocycles. The van der Waals surface area contributed by atoms with Crippen LogP contribution in [0.2, 0.25) is 0 Å². The van der Waals surface area contributed by atoms with Gasteiger partial charge in [0.25, 0.3) is 0 Å². The molecular formula is C18H36N4O2. The average Bonchev–Trinajstić information content (AvgIpc) is 2.55. The van der Waals surface area contributed by atoms with E-state index < -0.39 is 6.10 Å². The molecule has 2 aliphatic rings. The second-order valence-electron chi connectivity index (χ2n) is 7.82. The number of aliphatic hydroxyl groups is 1. The molecule has 0 aromatic heterocycles. The van der Waals surface area contributed by atoms with Gasteiger partial charge in [0.1, 0.15) is 0 Å². The summed E-state index contributed by atoms with van der Waals surface area (Å²) in [4.78, 5) is 16.5. The molecule has 6 heteroatoms. The highest BCUT2D eigenvalue weighted by molar-refractivity contribution is 5.73. The highest BCUT2D eigenvalue weighted by Crippen LogP contribution is 2.16. The normalized spacial score (nSPS) is 25.4. The third-order valence-corrected chi connectivity index (χ3v) is 5.30. The Labute approximate surface area is 147 Å². The van der Waals surface area contributed by atoms with Crippen LogP contribution in [0, 0.1) is 11.8 Å². The van der Waals surface area contributed by atoms with Crippen LogP contribution in [0.5, 0.6) is 0 Å². The van der Waals surface area contributed by atoms with Gasteiger partial charge >= 0.3 is 6.03 Å². The number of carbonyl (C=O) groups excluding carboxylic acids is 1. The second-order valence-corrected chi connectivity index (χ2v) is 7.82. The zero-order chi connectivity index (χ0) is 17.4. The van der Waals surface area contributed by atoms with Gasteiger partial charge in [0, 0.05) is 32.7 Å². The summed E-state index contributed by atoms with van der Waals surface area (Å²) in [5.74, 6) is 1.56. The molecule has 2 unspecified atom stereocenters. The summed E-state index contributed by atoms with van der Waals surface area (Å²) in [6.45, 7) is 11.5. The molecule has 2 fully saturated rings. The largest absolute Gasteiger partial charge is 0.390 e. The maximum atomic E-state index is 11.8. The number of likely N-dealkylation sites (tertiary alicyclic amines) is 2. The van der Waals surface area contributed by atoms with Crippen molar-refractivity contribution in [2.75, 3.05) is 52.4 Å². The lowest BCUT2D eigenvalue weighted by Crippen LogP contribution is -2.47. The predicted molar refractivity (Wildman–Crippen MR) is 97.1 cm³/mol. The summed E-state index contributed by atoms with van der Waals surface area (Å²) >= 11 is 0. The summed E-state index contributed by atoms with van der Waals surface area (Å²) in [6.07, 6.45) is 4.49. The van der Waals surface area contributed by atoms with Crippen LogP contribution < -0.4 is 10.6 Å². The van der Waals surface area contributed by atoms with Crippen LogP contribution in [-0.2, 0) is 0 Å². The molecule has 3 N–H and O–H groups in total. The van der Waals surface area contributed by atoms with Crippen LogP contribution in [0.25, 0.3) is 0 Å². The fraction of sp³-hybridized carbons (Fsp3) is 0.944. The maximum absolute atomic E-state index is 11.8. The van der Waals surface area contributed by atoms with Crippen LogP contribution in [0.1, 0.15) is 39.5 Å². The van der Waals surface area contributed by atoms with Crippen LogP contribution in [0.3, 0.4) is 0 Å². The van der Waals surface area contributed by atoms with Crippen molar-refractivity contribution in [3.05, 3.63) is 0 Å². The van der Waals surface area contributed by atoms with Gasteiger partial charge in [-0.15, -0.1) is 0 Å². The van der Waals surface area contributed by atoms with Gasteiger partial charge in [0.05, 0.1) is 6.10 Å². The first-order valence-corrected chi connectivity index (χ1v) is 9.67. The molecule has 2 rings (SSSR count). The van der Waals surface area contributed by atoms with Crippen LogP contribution >= 0.6 is 0 Å². The molecule has 0 bridgehead atoms. The average molecular weight is 341 g/mol. The topological polar surface area (TPSA) is 67.8 Å². The number of hydrogen-bond donors (Lipinski definition) is 3. The fourth-order valence-corrected chi connectivity index (χ4v) is 3.70. The molecule has 0 aliphatic carbocycles. The van der Waals surface area contributed by atoms with E-state index in [1.54, 1.807) is 0 Å². The van der Waals surface area contributed by atoms with Crippen molar-refractivity contribution in [2.45, 2.75) is 45.6 Å². The lowest BCUT2D eigenvalue weighted by atomic mass is 9.99. The van der Waals surface area contributed by atoms with Crippen molar-refractivity contribution >= 4 is 6.03 Å². The van der Waals surface area contributed by atoms with E-state index in [2.05, 4.69) is 34.3 Å². The second kappa shape index (κ2) is 10.2. The smallest absolute Gasteiger partial charge is 0.314 e. The minimum absolute atomic E-state index is 0.175. The summed E-state index contributed by atoms with van der Waals surface area (Å²) in [5.41, 5.74) is 0. The zero-order valence-corrected chi connectivity index (χ0v) is 15.5. The van der Waals surface area contributed by atoms with Crippen LogP contribution in [0.4, 0.5) is 4.79 Å². The van der Waals surface area contributed by atoms with Gasteiger partial charge in [-0.05, 0) is 57.2 Å². The number of nitrogens with one attached hydrogen (secondary N) is 2. The Morgan fingerprint density at radius 3 is 2.54 bits per heavy atom. The first-order chi connectivity index (χ1) is 11.5. The SMILES string of the molecule is CC1CCN(CC(O)CNC(=O)NCCN2CCCC(C)C2)CC1. The lowest BCUT2D eigenvalue weighted by molar-refractivity contribution is 0.0919. The highest BCUT2D eigenvalue weighted by Gasteiger charge is 2.19. The van der Waals surface area contributed by atoms with Crippen molar-refractivity contribution in [2.24, 2.45) is 11.8 Å². The van der Waals surface area contributed by atoms with E-state index in [-0.39, 0.29) is 6.03 Å². The first-order valence-electron chi connectivity index (χ1n) is 9.67. The summed E-state index contributed by atoms with van der Waals surface area (Å²) in [5, 5.41) is 15.8. The number of amides is 2. The fourth-order valence-electron chi connectivity index (χ4n) is 3.70. The Morgan fingerprint density at radius 1 is 1.08 bits per heavy atom. The van der Waals surface area contributed by atoms with E-state index >= 15 is 0 Å². The van der Waals surface area contributed by atoms with E-state index in [0.29, 0.717) is 19.6 Å². The maximum Gasteiger partial charge on any atom is 0.314 e. The first kappa shape index (κ1) is 19.5. The third-order valence-electron chi connectivity index (χ3n) is 5.30. The molecule has 0 saturated carbocycles. The Kier molecular flexibility index (Phi) is 8.29. The van der Waals surface area contributed by atoms with Gasteiger partial charge < -0.3 is 25.5 Å². The molecule has 140 valence electrons. The van der Waals surface area contributed by atoms with Gasteiger partial charge in [0.2, 0.25) is 0 Å². The zero-order valence-electron chi connectivity index (χ0n) is 15.5. The Morgan fingerprint density at radius 2 is 1.83 bits per heavy atom.